The number of halogens is 4. The third-order valence-electron chi connectivity index (χ3n) is 13.5. The Hall–Kier alpha value is -4.59. The molecule has 3 aliphatic carbocycles. The van der Waals surface area contributed by atoms with Crippen molar-refractivity contribution >= 4 is 40.0 Å². The van der Waals surface area contributed by atoms with Gasteiger partial charge in [0.05, 0.1) is 40.0 Å². The van der Waals surface area contributed by atoms with Crippen molar-refractivity contribution in [2.75, 3.05) is 23.3 Å². The number of imidazole rings is 1. The van der Waals surface area contributed by atoms with Crippen molar-refractivity contribution < 1.29 is 27.2 Å². The molecule has 2 atom stereocenters. The Balaban J connectivity index is 1.07. The molecule has 14 heteroatoms. The predicted octanol–water partition coefficient (Wildman–Crippen LogP) is 8.21. The number of hydrogen-bond acceptors (Lipinski definition) is 7. The lowest BCUT2D eigenvalue weighted by molar-refractivity contribution is -0.124. The fraction of sp³-hybridized carbons (Fsp3) is 0.548. The number of fused-ring (bicyclic) bond motifs is 4. The summed E-state index contributed by atoms with van der Waals surface area (Å²) >= 11 is 0. The number of amides is 2. The van der Waals surface area contributed by atoms with E-state index in [9.17, 15) is 18.4 Å². The molecule has 2 bridgehead atoms. The second-order valence-corrected chi connectivity index (χ2v) is 18.1. The molecular formula is C42H48F4N8O2. The highest BCUT2D eigenvalue weighted by molar-refractivity contribution is 6.08. The molecule has 5 aliphatic rings. The fourth-order valence-electron chi connectivity index (χ4n) is 9.86. The summed E-state index contributed by atoms with van der Waals surface area (Å²) in [7, 11) is 0. The molecule has 0 radical (unpaired) electrons. The van der Waals surface area contributed by atoms with Crippen molar-refractivity contribution in [3.05, 3.63) is 59.2 Å². The number of piperidine rings is 1. The molecule has 4 aromatic rings. The van der Waals surface area contributed by atoms with E-state index >= 15 is 8.78 Å². The first kappa shape index (κ1) is 37.0. The van der Waals surface area contributed by atoms with Crippen LogP contribution in [-0.2, 0) is 10.2 Å². The zero-order valence-corrected chi connectivity index (χ0v) is 32.6. The van der Waals surface area contributed by atoms with Crippen molar-refractivity contribution in [3.8, 4) is 11.3 Å². The molecule has 10 nitrogen and oxygen atoms in total. The third kappa shape index (κ3) is 5.71. The average Bonchev–Trinajstić information content (AvgIpc) is 3.60. The van der Waals surface area contributed by atoms with E-state index in [4.69, 9.17) is 9.97 Å². The number of likely N-dealkylation sites (tertiary alicyclic amines) is 1. The zero-order chi connectivity index (χ0) is 39.6. The van der Waals surface area contributed by atoms with Crippen LogP contribution in [0.2, 0.25) is 0 Å². The van der Waals surface area contributed by atoms with E-state index in [1.54, 1.807) is 18.6 Å². The van der Waals surface area contributed by atoms with Gasteiger partial charge in [0.2, 0.25) is 5.91 Å². The molecule has 3 saturated carbocycles. The summed E-state index contributed by atoms with van der Waals surface area (Å²) in [6.07, 6.45) is 6.44. The van der Waals surface area contributed by atoms with E-state index in [1.165, 1.54) is 26.2 Å². The molecule has 0 spiro atoms. The summed E-state index contributed by atoms with van der Waals surface area (Å²) in [5, 5.41) is 5.28. The molecule has 3 aromatic heterocycles. The van der Waals surface area contributed by atoms with Gasteiger partial charge < -0.3 is 20.1 Å². The smallest absolute Gasteiger partial charge is 0.261 e. The second-order valence-electron chi connectivity index (χ2n) is 18.1. The number of alkyl halides is 2. The molecule has 2 amide bonds. The lowest BCUT2D eigenvalue weighted by atomic mass is 9.70. The lowest BCUT2D eigenvalue weighted by Gasteiger charge is -2.56. The first-order chi connectivity index (χ1) is 26.5. The minimum atomic E-state index is -2.79. The number of nitrogens with zero attached hydrogens (tertiary/aromatic N) is 6. The van der Waals surface area contributed by atoms with Crippen LogP contribution in [0.15, 0.2) is 30.7 Å². The Bertz CT molecular complexity index is 2280. The first-order valence-electron chi connectivity index (χ1n) is 19.8. The number of carbonyl (C=O) groups excluding carboxylic acids is 2. The van der Waals surface area contributed by atoms with E-state index < -0.39 is 34.9 Å². The lowest BCUT2D eigenvalue weighted by Crippen LogP contribution is -2.65. The summed E-state index contributed by atoms with van der Waals surface area (Å²) in [6.45, 7) is 13.6. The summed E-state index contributed by atoms with van der Waals surface area (Å²) in [5.41, 5.74) is 0.109. The Morgan fingerprint density at radius 3 is 2.32 bits per heavy atom. The summed E-state index contributed by atoms with van der Waals surface area (Å²) in [4.78, 5) is 46.4. The van der Waals surface area contributed by atoms with Gasteiger partial charge in [-0.1, -0.05) is 0 Å². The molecule has 4 fully saturated rings. The molecule has 296 valence electrons. The minimum absolute atomic E-state index is 0.0160. The molecule has 9 rings (SSSR count). The van der Waals surface area contributed by atoms with Gasteiger partial charge in [-0.3, -0.25) is 19.5 Å². The van der Waals surface area contributed by atoms with Gasteiger partial charge in [0.15, 0.2) is 17.5 Å². The Morgan fingerprint density at radius 1 is 0.982 bits per heavy atom. The quantitative estimate of drug-likeness (QED) is 0.165. The van der Waals surface area contributed by atoms with Gasteiger partial charge in [0.1, 0.15) is 11.1 Å². The molecule has 1 saturated heterocycles. The highest BCUT2D eigenvalue weighted by Crippen LogP contribution is 2.51. The largest absolute Gasteiger partial charge is 0.341 e. The summed E-state index contributed by atoms with van der Waals surface area (Å²) < 4.78 is 60.4. The average molecular weight is 773 g/mol. The van der Waals surface area contributed by atoms with Crippen LogP contribution >= 0.6 is 0 Å². The van der Waals surface area contributed by atoms with Crippen LogP contribution in [0.25, 0.3) is 22.3 Å². The Morgan fingerprint density at radius 2 is 1.68 bits per heavy atom. The summed E-state index contributed by atoms with van der Waals surface area (Å²) in [5.74, 6) is -1.73. The van der Waals surface area contributed by atoms with Gasteiger partial charge in [-0.15, -0.1) is 0 Å². The van der Waals surface area contributed by atoms with Crippen molar-refractivity contribution in [1.82, 2.24) is 29.7 Å². The van der Waals surface area contributed by atoms with E-state index in [0.717, 1.165) is 49.5 Å². The van der Waals surface area contributed by atoms with Crippen LogP contribution in [0.5, 0.6) is 0 Å². The normalized spacial score (nSPS) is 26.2. The van der Waals surface area contributed by atoms with Gasteiger partial charge in [-0.05, 0) is 117 Å². The predicted molar refractivity (Wildman–Crippen MR) is 205 cm³/mol. The van der Waals surface area contributed by atoms with Crippen LogP contribution in [0, 0.1) is 30.4 Å². The molecule has 1 aromatic carbocycles. The fourth-order valence-corrected chi connectivity index (χ4v) is 9.86. The third-order valence-corrected chi connectivity index (χ3v) is 13.5. The SMILES string of the molecule is Cc1c(C(=O)NC2(C(F)F)CC2)cc(Nc2nc(-c3cnc4c(c3)N([C@H]3C[C@@](C)(N5CC6CCC(C6)C5)C3)C(=O)C4(C)C)cc3ncn(C(C)C)c23)c(F)c1F. The first-order valence-corrected chi connectivity index (χ1v) is 19.8. The number of aromatic nitrogens is 4. The van der Waals surface area contributed by atoms with Crippen LogP contribution < -0.4 is 15.5 Å². The number of pyridine rings is 2. The Labute approximate surface area is 323 Å². The highest BCUT2D eigenvalue weighted by Gasteiger charge is 2.56. The van der Waals surface area contributed by atoms with Crippen molar-refractivity contribution in [3.63, 3.8) is 0 Å². The summed E-state index contributed by atoms with van der Waals surface area (Å²) in [6, 6.07) is 4.80. The van der Waals surface area contributed by atoms with Gasteiger partial charge in [0, 0.05) is 53.6 Å². The molecule has 2 unspecified atom stereocenters. The van der Waals surface area contributed by atoms with Gasteiger partial charge in [0.25, 0.3) is 12.3 Å². The van der Waals surface area contributed by atoms with Gasteiger partial charge >= 0.3 is 0 Å². The standard InChI is InChI=1S/C42H48F4N8O2/c1-21(2)53-20-48-30-14-28(49-36(34(30)53)50-29-13-27(22(3)32(43)33(29)44)37(55)51-42(9-10-42)38(45)46)25-12-31-35(47-17-25)40(4,5)39(56)54(31)26-15-41(6,16-26)52-18-23-7-8-24(11-23)19-52/h12-14,17,20-21,23-24,26,38H,7-11,15-16,18-19H2,1-6H3,(H,49,50)(H,51,55)/t23?,24?,26-,41+. The van der Waals surface area contributed by atoms with E-state index in [0.29, 0.717) is 28.0 Å². The Kier molecular flexibility index (Phi) is 8.40. The highest BCUT2D eigenvalue weighted by atomic mass is 19.3. The topological polar surface area (TPSA) is 108 Å². The maximum atomic E-state index is 15.7. The second kappa shape index (κ2) is 12.7. The van der Waals surface area contributed by atoms with Crippen molar-refractivity contribution in [2.45, 2.75) is 121 Å². The molecule has 2 N–H and O–H groups in total. The van der Waals surface area contributed by atoms with Crippen LogP contribution in [0.1, 0.15) is 107 Å². The number of nitrogens with one attached hydrogen (secondary N) is 2. The van der Waals surface area contributed by atoms with E-state index in [-0.39, 0.29) is 59.0 Å². The van der Waals surface area contributed by atoms with Gasteiger partial charge in [-0.2, -0.15) is 0 Å². The maximum Gasteiger partial charge on any atom is 0.261 e. The number of hydrogen-bond donors (Lipinski definition) is 2. The molecule has 2 aliphatic heterocycles. The number of rotatable bonds is 9. The number of anilines is 3. The van der Waals surface area contributed by atoms with Crippen LogP contribution in [0.3, 0.4) is 0 Å². The monoisotopic (exact) mass is 772 g/mol. The number of benzene rings is 1. The molecule has 56 heavy (non-hydrogen) atoms. The van der Waals surface area contributed by atoms with Crippen molar-refractivity contribution in [1.29, 1.82) is 0 Å². The number of carbonyl (C=O) groups is 2. The van der Waals surface area contributed by atoms with Crippen molar-refractivity contribution in [2.24, 2.45) is 11.8 Å². The van der Waals surface area contributed by atoms with Crippen LogP contribution in [0.4, 0.5) is 34.8 Å². The minimum Gasteiger partial charge on any atom is -0.341 e. The van der Waals surface area contributed by atoms with Gasteiger partial charge in [-0.25, -0.2) is 27.5 Å². The zero-order valence-electron chi connectivity index (χ0n) is 32.6. The molecular weight excluding hydrogens is 725 g/mol. The molecule has 5 heterocycles. The van der Waals surface area contributed by atoms with E-state index in [1.807, 2.05) is 43.2 Å². The maximum absolute atomic E-state index is 15.7. The van der Waals surface area contributed by atoms with E-state index in [2.05, 4.69) is 27.4 Å². The van der Waals surface area contributed by atoms with Crippen LogP contribution in [-0.4, -0.2) is 72.9 Å².